The van der Waals surface area contributed by atoms with Gasteiger partial charge in [0.1, 0.15) is 5.75 Å². The molecule has 0 bridgehead atoms. The SMILES string of the molecule is O=C(Nc1cc(-c2ccc(F)s2)[nH]n1)c1ccc(OCCCN2CCOCC2)cc1. The molecule has 1 amide bonds. The first-order valence-corrected chi connectivity index (χ1v) is 10.6. The number of rotatable bonds is 8. The summed E-state index contributed by atoms with van der Waals surface area (Å²) in [6, 6.07) is 11.7. The van der Waals surface area contributed by atoms with Gasteiger partial charge in [0.05, 0.1) is 30.4 Å². The highest BCUT2D eigenvalue weighted by Crippen LogP contribution is 2.27. The number of morpholine rings is 1. The van der Waals surface area contributed by atoms with Crippen molar-refractivity contribution >= 4 is 23.1 Å². The van der Waals surface area contributed by atoms with Gasteiger partial charge in [-0.05, 0) is 42.8 Å². The fraction of sp³-hybridized carbons (Fsp3) is 0.333. The second kappa shape index (κ2) is 9.84. The Morgan fingerprint density at radius 1 is 1.23 bits per heavy atom. The van der Waals surface area contributed by atoms with E-state index >= 15 is 0 Å². The standard InChI is InChI=1S/C21H23FN4O3S/c22-19-7-6-18(30-19)17-14-20(25-24-17)23-21(27)15-2-4-16(5-3-15)29-11-1-8-26-9-12-28-13-10-26/h2-7,14H,1,8-13H2,(H2,23,24,25,27). The Bertz CT molecular complexity index is 967. The van der Waals surface area contributed by atoms with Crippen LogP contribution < -0.4 is 10.1 Å². The van der Waals surface area contributed by atoms with Crippen molar-refractivity contribution in [1.29, 1.82) is 0 Å². The van der Waals surface area contributed by atoms with Crippen LogP contribution in [-0.4, -0.2) is 60.5 Å². The first-order valence-electron chi connectivity index (χ1n) is 9.83. The number of halogens is 1. The van der Waals surface area contributed by atoms with Gasteiger partial charge in [-0.15, -0.1) is 11.3 Å². The zero-order valence-corrected chi connectivity index (χ0v) is 17.2. The monoisotopic (exact) mass is 430 g/mol. The van der Waals surface area contributed by atoms with Crippen molar-refractivity contribution in [2.75, 3.05) is 44.8 Å². The lowest BCUT2D eigenvalue weighted by atomic mass is 10.2. The fourth-order valence-electron chi connectivity index (χ4n) is 3.16. The average molecular weight is 431 g/mol. The Kier molecular flexibility index (Phi) is 6.73. The number of nitrogens with one attached hydrogen (secondary N) is 2. The normalized spacial score (nSPS) is 14.6. The van der Waals surface area contributed by atoms with E-state index in [1.165, 1.54) is 6.07 Å². The molecule has 1 saturated heterocycles. The Morgan fingerprint density at radius 3 is 2.77 bits per heavy atom. The van der Waals surface area contributed by atoms with Crippen LogP contribution in [0.2, 0.25) is 0 Å². The number of carbonyl (C=O) groups excluding carboxylic acids is 1. The van der Waals surface area contributed by atoms with Gasteiger partial charge >= 0.3 is 0 Å². The van der Waals surface area contributed by atoms with Gasteiger partial charge in [0.15, 0.2) is 10.9 Å². The van der Waals surface area contributed by atoms with Crippen LogP contribution in [0.1, 0.15) is 16.8 Å². The summed E-state index contributed by atoms with van der Waals surface area (Å²) in [6.45, 7) is 5.18. The van der Waals surface area contributed by atoms with Crippen LogP contribution in [-0.2, 0) is 4.74 Å². The first-order chi connectivity index (χ1) is 14.7. The molecule has 158 valence electrons. The second-order valence-corrected chi connectivity index (χ2v) is 7.94. The van der Waals surface area contributed by atoms with Gasteiger partial charge in [-0.1, -0.05) is 0 Å². The maximum absolute atomic E-state index is 13.2. The largest absolute Gasteiger partial charge is 0.494 e. The molecule has 1 fully saturated rings. The van der Waals surface area contributed by atoms with Crippen LogP contribution in [0, 0.1) is 5.13 Å². The van der Waals surface area contributed by atoms with Crippen LogP contribution in [0.4, 0.5) is 10.2 Å². The van der Waals surface area contributed by atoms with E-state index in [9.17, 15) is 9.18 Å². The van der Waals surface area contributed by atoms with Crippen LogP contribution in [0.5, 0.6) is 5.75 Å². The molecule has 7 nitrogen and oxygen atoms in total. The number of hydrogen-bond donors (Lipinski definition) is 2. The number of benzene rings is 1. The summed E-state index contributed by atoms with van der Waals surface area (Å²) < 4.78 is 24.3. The van der Waals surface area contributed by atoms with Gasteiger partial charge in [-0.25, -0.2) is 0 Å². The lowest BCUT2D eigenvalue weighted by molar-refractivity contribution is 0.0358. The van der Waals surface area contributed by atoms with Crippen molar-refractivity contribution in [2.45, 2.75) is 6.42 Å². The molecule has 1 aliphatic heterocycles. The average Bonchev–Trinajstić information content (AvgIpc) is 3.41. The molecule has 3 heterocycles. The number of hydrogen-bond acceptors (Lipinski definition) is 6. The molecule has 2 aromatic heterocycles. The maximum Gasteiger partial charge on any atom is 0.256 e. The van der Waals surface area contributed by atoms with E-state index < -0.39 is 0 Å². The van der Waals surface area contributed by atoms with Gasteiger partial charge in [-0.3, -0.25) is 14.8 Å². The molecule has 0 aliphatic carbocycles. The number of nitrogens with zero attached hydrogens (tertiary/aromatic N) is 2. The topological polar surface area (TPSA) is 79.5 Å². The van der Waals surface area contributed by atoms with E-state index in [4.69, 9.17) is 9.47 Å². The Labute approximate surface area is 177 Å². The maximum atomic E-state index is 13.2. The number of aromatic nitrogens is 2. The number of H-pyrrole nitrogens is 1. The van der Waals surface area contributed by atoms with E-state index in [2.05, 4.69) is 20.4 Å². The van der Waals surface area contributed by atoms with Crippen LogP contribution in [0.25, 0.3) is 10.6 Å². The predicted molar refractivity (Wildman–Crippen MR) is 114 cm³/mol. The number of amides is 1. The third-order valence-electron chi connectivity index (χ3n) is 4.77. The Balaban J connectivity index is 1.24. The molecule has 3 aromatic rings. The summed E-state index contributed by atoms with van der Waals surface area (Å²) in [7, 11) is 0. The van der Waals surface area contributed by atoms with E-state index in [0.717, 1.165) is 61.2 Å². The number of ether oxygens (including phenoxy) is 2. The van der Waals surface area contributed by atoms with Crippen molar-refractivity contribution in [1.82, 2.24) is 15.1 Å². The third kappa shape index (κ3) is 5.44. The molecule has 0 spiro atoms. The molecule has 30 heavy (non-hydrogen) atoms. The Hall–Kier alpha value is -2.75. The minimum atomic E-state index is -0.274. The molecule has 0 saturated carbocycles. The van der Waals surface area contributed by atoms with E-state index in [0.29, 0.717) is 23.7 Å². The van der Waals surface area contributed by atoms with Gasteiger partial charge in [0, 0.05) is 31.3 Å². The number of thiophene rings is 1. The van der Waals surface area contributed by atoms with Gasteiger partial charge < -0.3 is 14.8 Å². The minimum absolute atomic E-state index is 0.270. The summed E-state index contributed by atoms with van der Waals surface area (Å²) in [4.78, 5) is 15.5. The summed E-state index contributed by atoms with van der Waals surface area (Å²) in [5.41, 5.74) is 1.16. The third-order valence-corrected chi connectivity index (χ3v) is 5.67. The smallest absolute Gasteiger partial charge is 0.256 e. The lowest BCUT2D eigenvalue weighted by Gasteiger charge is -2.26. The van der Waals surface area contributed by atoms with Gasteiger partial charge in [0.25, 0.3) is 5.91 Å². The number of anilines is 1. The van der Waals surface area contributed by atoms with Crippen molar-refractivity contribution in [2.24, 2.45) is 0 Å². The van der Waals surface area contributed by atoms with E-state index in [-0.39, 0.29) is 11.0 Å². The highest BCUT2D eigenvalue weighted by molar-refractivity contribution is 7.13. The van der Waals surface area contributed by atoms with E-state index in [1.54, 1.807) is 36.4 Å². The molecule has 2 N–H and O–H groups in total. The molecule has 4 rings (SSSR count). The van der Waals surface area contributed by atoms with Crippen molar-refractivity contribution in [3.63, 3.8) is 0 Å². The van der Waals surface area contributed by atoms with Crippen LogP contribution in [0.15, 0.2) is 42.5 Å². The highest BCUT2D eigenvalue weighted by atomic mass is 32.1. The molecule has 9 heteroatoms. The number of carbonyl (C=O) groups is 1. The van der Waals surface area contributed by atoms with E-state index in [1.807, 2.05) is 0 Å². The van der Waals surface area contributed by atoms with Crippen molar-refractivity contribution in [3.05, 3.63) is 53.2 Å². The molecular formula is C21H23FN4O3S. The Morgan fingerprint density at radius 2 is 2.03 bits per heavy atom. The van der Waals surface area contributed by atoms with Gasteiger partial charge in [0.2, 0.25) is 0 Å². The summed E-state index contributed by atoms with van der Waals surface area (Å²) in [5, 5.41) is 9.33. The predicted octanol–water partition coefficient (Wildman–Crippen LogP) is 3.63. The molecule has 0 atom stereocenters. The van der Waals surface area contributed by atoms with Gasteiger partial charge in [-0.2, -0.15) is 9.49 Å². The molecule has 0 radical (unpaired) electrons. The summed E-state index contributed by atoms with van der Waals surface area (Å²) in [5.74, 6) is 0.840. The van der Waals surface area contributed by atoms with Crippen LogP contribution >= 0.6 is 11.3 Å². The summed E-state index contributed by atoms with van der Waals surface area (Å²) >= 11 is 1.01. The highest BCUT2D eigenvalue weighted by Gasteiger charge is 2.12. The number of aromatic amines is 1. The second-order valence-electron chi connectivity index (χ2n) is 6.91. The first kappa shape index (κ1) is 20.5. The summed E-state index contributed by atoms with van der Waals surface area (Å²) in [6.07, 6.45) is 0.942. The van der Waals surface area contributed by atoms with Crippen molar-refractivity contribution in [3.8, 4) is 16.3 Å². The lowest BCUT2D eigenvalue weighted by Crippen LogP contribution is -2.37. The molecular weight excluding hydrogens is 407 g/mol. The van der Waals surface area contributed by atoms with Crippen molar-refractivity contribution < 1.29 is 18.7 Å². The molecule has 0 unspecified atom stereocenters. The quantitative estimate of drug-likeness (QED) is 0.534. The minimum Gasteiger partial charge on any atom is -0.494 e. The molecule has 1 aromatic carbocycles. The fourth-order valence-corrected chi connectivity index (χ4v) is 3.86. The zero-order chi connectivity index (χ0) is 20.8. The zero-order valence-electron chi connectivity index (χ0n) is 16.4. The molecule has 1 aliphatic rings. The van der Waals surface area contributed by atoms with Crippen LogP contribution in [0.3, 0.4) is 0 Å².